The Morgan fingerprint density at radius 1 is 0.291 bits per heavy atom. The summed E-state index contributed by atoms with van der Waals surface area (Å²) in [6, 6.07) is 58.0. The minimum Gasteiger partial charge on any atom is -0.364 e. The number of carbonyl (C=O) groups excluding carboxylic acids is 5. The maximum atomic E-state index is 15.1. The van der Waals surface area contributed by atoms with Crippen molar-refractivity contribution < 1.29 is 92.0 Å². The molecule has 4 saturated heterocycles. The average Bonchev–Trinajstić information content (AvgIpc) is 1.52. The van der Waals surface area contributed by atoms with Crippen LogP contribution in [0.3, 0.4) is 0 Å². The maximum Gasteiger partial charge on any atom is 0.421 e. The molecule has 0 bridgehead atoms. The number of carbonyl (C=O) groups is 5. The van der Waals surface area contributed by atoms with E-state index in [-0.39, 0.29) is 104 Å². The summed E-state index contributed by atoms with van der Waals surface area (Å²) in [7, 11) is 0. The number of rotatable bonds is 11. The van der Waals surface area contributed by atoms with Gasteiger partial charge >= 0.3 is 48.8 Å². The summed E-state index contributed by atoms with van der Waals surface area (Å²) >= 11 is 63.8. The van der Waals surface area contributed by atoms with Gasteiger partial charge in [0.05, 0.1) is 31.0 Å². The Bertz CT molecular complexity index is 6700. The van der Waals surface area contributed by atoms with Crippen molar-refractivity contribution in [2.24, 2.45) is 0 Å². The van der Waals surface area contributed by atoms with Crippen LogP contribution in [0.4, 0.5) is 129 Å². The van der Waals surface area contributed by atoms with Gasteiger partial charge in [0.1, 0.15) is 0 Å². The molecule has 20 nitrogen and oxygen atoms in total. The van der Waals surface area contributed by atoms with E-state index in [1.54, 1.807) is 18.2 Å². The molecule has 141 heavy (non-hydrogen) atoms. The molecule has 12 aromatic rings. The Kier molecular flexibility index (Phi) is 32.0. The molecule has 0 spiro atoms. The first kappa shape index (κ1) is 109. The van der Waals surface area contributed by atoms with Gasteiger partial charge in [-0.15, -0.1) is 0 Å². The number of urea groups is 4. The first-order valence-corrected chi connectivity index (χ1v) is 46.9. The number of hydrogen-bond acceptors (Lipinski definition) is 10. The maximum absolute atomic E-state index is 15.1. The van der Waals surface area contributed by atoms with E-state index in [0.717, 1.165) is 49.5 Å². The Labute approximate surface area is 877 Å². The Morgan fingerprint density at radius 2 is 0.489 bits per heavy atom. The lowest BCUT2D eigenvalue weighted by molar-refractivity contribution is -0.227. The van der Waals surface area contributed by atoms with Gasteiger partial charge in [-0.1, -0.05) is 172 Å². The van der Waals surface area contributed by atoms with Crippen LogP contribution < -0.4 is 39.2 Å². The molecular formula is C96H59Br5Cl8F12N12O8. The third-order valence-electron chi connectivity index (χ3n) is 23.1. The highest BCUT2D eigenvalue weighted by atomic mass is 79.9. The second-order valence-electron chi connectivity index (χ2n) is 31.5. The number of amides is 9. The number of benzene rings is 12. The summed E-state index contributed by atoms with van der Waals surface area (Å²) in [5, 5.41) is 57.5. The van der Waals surface area contributed by atoms with E-state index < -0.39 is 105 Å². The van der Waals surface area contributed by atoms with Gasteiger partial charge in [-0.3, -0.25) is 39.1 Å². The van der Waals surface area contributed by atoms with Crippen LogP contribution in [0.15, 0.2) is 289 Å². The van der Waals surface area contributed by atoms with Gasteiger partial charge in [0, 0.05) is 119 Å². The fourth-order valence-corrected chi connectivity index (χ4v) is 20.7. The van der Waals surface area contributed by atoms with Crippen molar-refractivity contribution in [3.63, 3.8) is 0 Å². The van der Waals surface area contributed by atoms with Crippen LogP contribution in [-0.4, -0.2) is 92.2 Å². The van der Waals surface area contributed by atoms with Gasteiger partial charge < -0.3 is 15.3 Å². The molecule has 4 aliphatic heterocycles. The molecule has 7 atom stereocenters. The predicted molar refractivity (Wildman–Crippen MR) is 534 cm³/mol. The monoisotopic (exact) mass is 2410 g/mol. The zero-order chi connectivity index (χ0) is 104. The van der Waals surface area contributed by atoms with E-state index in [0.29, 0.717) is 74.1 Å². The largest absolute Gasteiger partial charge is 0.421 e. The standard InChI is InChI=1S/2C25H15Cl2F3N4O2.C23H15Br2Cl2F3N2O2.C17H11Cl2F3N2O2.C6H3Br3/c2*1-23(25(28,29)30)24(36,16-11-15(14-31)12-19(13-16)32-2)34(21-9-5-18(27)6-10-21)22(35)33(23)20-7-3-17(26)4-8-20;1-21(23(28,29)30)22(34,13-10-14(24)12-15(25)11-13)32(19-8-4-17(27)5-9-19)20(33)31(21)18-6-2-16(26)3-7-18;1-16(17(20,21)22)14(25)23(12-6-2-10(18)3-7-12)15(26)24(16)13-8-4-11(19)5-9-13;7-4-1-5(8)3-6(9)2-4/h2*3-13,36H,1H3;2-12,34H,1H3;2-9H,1H3;1-3H/t23-,24?;;;;/m0..../s1. The molecule has 9 amide bonds. The van der Waals surface area contributed by atoms with Crippen LogP contribution in [0.2, 0.25) is 40.2 Å². The molecule has 726 valence electrons. The molecular weight excluding hydrogens is 2360 g/mol. The van der Waals surface area contributed by atoms with Crippen molar-refractivity contribution in [2.75, 3.05) is 39.2 Å². The highest BCUT2D eigenvalue weighted by Gasteiger charge is 2.81. The van der Waals surface area contributed by atoms with Crippen molar-refractivity contribution >= 4 is 259 Å². The summed E-state index contributed by atoms with van der Waals surface area (Å²) in [5.41, 5.74) is -24.4. The third kappa shape index (κ3) is 20.1. The van der Waals surface area contributed by atoms with Crippen molar-refractivity contribution in [3.8, 4) is 12.1 Å². The highest BCUT2D eigenvalue weighted by molar-refractivity contribution is 9.12. The third-order valence-corrected chi connectivity index (χ3v) is 27.4. The quantitative estimate of drug-likeness (QED) is 0.0630. The van der Waals surface area contributed by atoms with E-state index in [9.17, 15) is 63.0 Å². The number of aliphatic hydroxyl groups is 3. The lowest BCUT2D eigenvalue weighted by atomic mass is 9.80. The number of halogens is 25. The van der Waals surface area contributed by atoms with E-state index in [1.807, 2.05) is 18.2 Å². The molecule has 45 heteroatoms. The molecule has 0 aliphatic carbocycles. The van der Waals surface area contributed by atoms with Gasteiger partial charge in [-0.25, -0.2) is 33.8 Å². The molecule has 3 N–H and O–H groups in total. The average molecular weight is 2420 g/mol. The van der Waals surface area contributed by atoms with Gasteiger partial charge in [0.2, 0.25) is 22.7 Å². The molecule has 16 rings (SSSR count). The lowest BCUT2D eigenvalue weighted by Crippen LogP contribution is -2.66. The lowest BCUT2D eigenvalue weighted by Gasteiger charge is -2.45. The fourth-order valence-electron chi connectivity index (χ4n) is 16.0. The van der Waals surface area contributed by atoms with Crippen LogP contribution in [0.1, 0.15) is 55.5 Å². The van der Waals surface area contributed by atoms with Gasteiger partial charge in [0.25, 0.3) is 5.91 Å². The second kappa shape index (κ2) is 41.4. The van der Waals surface area contributed by atoms with E-state index in [4.69, 9.17) is 106 Å². The number of nitrogens with zero attached hydrogens (tertiary/aromatic N) is 12. The molecule has 4 heterocycles. The smallest absolute Gasteiger partial charge is 0.364 e. The van der Waals surface area contributed by atoms with Crippen molar-refractivity contribution in [1.82, 2.24) is 0 Å². The van der Waals surface area contributed by atoms with Crippen LogP contribution in [0, 0.1) is 35.8 Å². The van der Waals surface area contributed by atoms with Crippen molar-refractivity contribution in [3.05, 3.63) is 380 Å². The number of nitriles is 2. The summed E-state index contributed by atoms with van der Waals surface area (Å²) in [4.78, 5) is 77.7. The van der Waals surface area contributed by atoms with Crippen LogP contribution >= 0.6 is 172 Å². The predicted octanol–water partition coefficient (Wildman–Crippen LogP) is 31.5. The molecule has 4 fully saturated rings. The molecule has 6 unspecified atom stereocenters. The minimum atomic E-state index is -5.21. The second-order valence-corrected chi connectivity index (χ2v) is 39.5. The Hall–Kier alpha value is -10.9. The summed E-state index contributed by atoms with van der Waals surface area (Å²) in [5.74, 6) is -1.40. The molecule has 0 aromatic heterocycles. The zero-order valence-electron chi connectivity index (χ0n) is 71.6. The molecule has 12 aromatic carbocycles. The zero-order valence-corrected chi connectivity index (χ0v) is 85.6. The first-order chi connectivity index (χ1) is 65.8. The van der Waals surface area contributed by atoms with E-state index in [1.165, 1.54) is 218 Å². The fraction of sp³-hybridized carbons (Fsp3) is 0.156. The summed E-state index contributed by atoms with van der Waals surface area (Å²) < 4.78 is 181. The van der Waals surface area contributed by atoms with Crippen molar-refractivity contribution in [2.45, 2.75) is 91.7 Å². The number of alkyl halides is 12. The summed E-state index contributed by atoms with van der Waals surface area (Å²) in [6.45, 7) is 17.5. The molecule has 0 saturated carbocycles. The molecule has 0 radical (unpaired) electrons. The Balaban J connectivity index is 0.000000164. The van der Waals surface area contributed by atoms with E-state index >= 15 is 39.5 Å². The number of anilines is 8. The normalized spacial score (nSPS) is 21.2. The number of hydrogen-bond donors (Lipinski definition) is 3. The van der Waals surface area contributed by atoms with Crippen molar-refractivity contribution in [1.29, 1.82) is 10.5 Å². The summed E-state index contributed by atoms with van der Waals surface area (Å²) in [6.07, 6.45) is -20.5. The minimum absolute atomic E-state index is 0.00339. The first-order valence-electron chi connectivity index (χ1n) is 39.9. The number of imide groups is 1. The van der Waals surface area contributed by atoms with Gasteiger partial charge in [0.15, 0.2) is 28.0 Å². The van der Waals surface area contributed by atoms with Gasteiger partial charge in [-0.05, 0) is 306 Å². The topological polar surface area (TPSA) is 228 Å². The Morgan fingerprint density at radius 3 is 0.695 bits per heavy atom. The van der Waals surface area contributed by atoms with E-state index in [2.05, 4.69) is 89.3 Å². The van der Waals surface area contributed by atoms with Gasteiger partial charge in [-0.2, -0.15) is 63.2 Å². The SMILES string of the molecule is Brc1cc(Br)cc(Br)c1.CC1(C(F)(F)F)C(=O)N(c2ccc(Cl)cc2)C(=O)N1c1ccc(Cl)cc1.CC1(C(F)(F)F)N(c2ccc(Cl)cc2)C(=O)N(c2ccc(Cl)cc2)C1(O)c1cc(Br)cc(Br)c1.[C-]#[N+]c1cc(C#N)cc(C2(O)N(c3ccc(Cl)cc3)C(=O)N(c3ccc(Cl)cc3)C2(C)C(F)(F)F)c1.[C-]#[N+]c1cc(C#N)cc(C2(O)N(c3ccc(Cl)cc3)C(=O)N(c3ccc(Cl)cc3)[C@]2(C)C(F)(F)F)c1. The van der Waals surface area contributed by atoms with Crippen LogP contribution in [0.25, 0.3) is 9.69 Å². The van der Waals surface area contributed by atoms with Crippen LogP contribution in [-0.2, 0) is 22.0 Å². The van der Waals surface area contributed by atoms with Crippen LogP contribution in [0.5, 0.6) is 0 Å². The molecule has 4 aliphatic rings. The highest BCUT2D eigenvalue weighted by Crippen LogP contribution is 2.62.